The number of carbonyl (C=O) groups is 1. The zero-order valence-corrected chi connectivity index (χ0v) is 30.0. The van der Waals surface area contributed by atoms with E-state index in [1.54, 1.807) is 68.4 Å². The molecule has 0 spiro atoms. The monoisotopic (exact) mass is 760 g/mol. The number of carbonyl (C=O) groups excluding carboxylic acids is 1. The van der Waals surface area contributed by atoms with E-state index in [1.165, 1.54) is 25.3 Å². The molecule has 2 unspecified atom stereocenters. The molecule has 2 atom stereocenters. The molecule has 1 aliphatic heterocycles. The lowest BCUT2D eigenvalue weighted by atomic mass is 10.0. The molecular weight excluding hydrogens is 729 g/mol. The summed E-state index contributed by atoms with van der Waals surface area (Å²) in [6.07, 6.45) is -7.83. The third kappa shape index (κ3) is 9.12. The number of halogens is 3. The lowest BCUT2D eigenvalue weighted by Crippen LogP contribution is -2.36. The van der Waals surface area contributed by atoms with Crippen molar-refractivity contribution in [3.63, 3.8) is 0 Å². The van der Waals surface area contributed by atoms with Crippen LogP contribution in [0.15, 0.2) is 95.9 Å². The Morgan fingerprint density at radius 1 is 1.02 bits per heavy atom. The van der Waals surface area contributed by atoms with Gasteiger partial charge in [-0.15, -0.1) is 0 Å². The first-order valence-corrected chi connectivity index (χ1v) is 18.9. The highest BCUT2D eigenvalue weighted by atomic mass is 35.5. The number of para-hydroxylation sites is 1. The number of hydrogen-bond acceptors (Lipinski definition) is 10. The van der Waals surface area contributed by atoms with Crippen LogP contribution in [0.3, 0.4) is 0 Å². The Hall–Kier alpha value is -4.35. The lowest BCUT2D eigenvalue weighted by Gasteiger charge is -2.35. The predicted molar refractivity (Wildman–Crippen MR) is 182 cm³/mol. The maximum Gasteiger partial charge on any atom is 0.510 e. The maximum atomic E-state index is 15.2. The fourth-order valence-electron chi connectivity index (χ4n) is 5.09. The van der Waals surface area contributed by atoms with Gasteiger partial charge in [0.05, 0.1) is 35.4 Å². The maximum absolute atomic E-state index is 15.2. The second-order valence-corrected chi connectivity index (χ2v) is 15.9. The summed E-state index contributed by atoms with van der Waals surface area (Å²) >= 11 is 6.29. The molecule has 0 aromatic heterocycles. The van der Waals surface area contributed by atoms with E-state index in [0.717, 1.165) is 27.6 Å². The van der Waals surface area contributed by atoms with Crippen LogP contribution in [0, 0.1) is 11.3 Å². The number of nitriles is 1. The lowest BCUT2D eigenvalue weighted by molar-refractivity contribution is -0.206. The van der Waals surface area contributed by atoms with Gasteiger partial charge in [-0.25, -0.2) is 17.7 Å². The Bertz CT molecular complexity index is 2100. The second kappa shape index (κ2) is 15.5. The molecule has 1 fully saturated rings. The van der Waals surface area contributed by atoms with Crippen LogP contribution in [-0.4, -0.2) is 44.5 Å². The molecule has 0 N–H and O–H groups in total. The number of benzene rings is 4. The van der Waals surface area contributed by atoms with Crippen LogP contribution in [0.5, 0.6) is 5.75 Å². The van der Waals surface area contributed by atoms with Crippen LogP contribution in [-0.2, 0) is 52.3 Å². The van der Waals surface area contributed by atoms with Crippen molar-refractivity contribution in [1.29, 1.82) is 5.26 Å². The Morgan fingerprint density at radius 3 is 2.33 bits per heavy atom. The number of hydrogen-bond donors (Lipinski definition) is 0. The molecule has 5 rings (SSSR count). The van der Waals surface area contributed by atoms with Crippen molar-refractivity contribution in [3.05, 3.63) is 118 Å². The summed E-state index contributed by atoms with van der Waals surface area (Å²) in [5, 5.41) is 8.77. The van der Waals surface area contributed by atoms with E-state index in [1.807, 2.05) is 6.07 Å². The molecule has 4 aromatic rings. The average Bonchev–Trinajstić information content (AvgIpc) is 3.07. The molecule has 268 valence electrons. The van der Waals surface area contributed by atoms with Gasteiger partial charge in [-0.2, -0.15) is 18.3 Å². The van der Waals surface area contributed by atoms with E-state index in [2.05, 4.69) is 10.6 Å². The molecular formula is C35H32ClF2N2O9PS. The summed E-state index contributed by atoms with van der Waals surface area (Å²) in [4.78, 5) is 11.5. The molecule has 1 heterocycles. The van der Waals surface area contributed by atoms with Crippen molar-refractivity contribution in [2.45, 2.75) is 50.3 Å². The number of rotatable bonds is 13. The Labute approximate surface area is 298 Å². The van der Waals surface area contributed by atoms with E-state index in [0.29, 0.717) is 11.1 Å². The molecule has 0 aliphatic carbocycles. The molecule has 4 aromatic carbocycles. The number of sulfonamides is 1. The minimum atomic E-state index is -4.37. The minimum absolute atomic E-state index is 0.106. The van der Waals surface area contributed by atoms with Crippen LogP contribution in [0.2, 0.25) is 5.02 Å². The first-order valence-electron chi connectivity index (χ1n) is 15.4. The summed E-state index contributed by atoms with van der Waals surface area (Å²) in [5.74, 6) is 0.109. The zero-order valence-electron chi connectivity index (χ0n) is 27.5. The predicted octanol–water partition coefficient (Wildman–Crippen LogP) is 8.46. The molecule has 1 saturated heterocycles. The standard InChI is InChI=1S/C35H32ClF2N2O9PS/c1-23(2)46-34(41)47-33-22-50(42,48-33)49-35(37,38)29-16-13-26(18-30(29)36)21-40(51(43,44)32-10-5-4-9-31(32)45-3)20-24-11-14-27(15-12-24)28-8-6-7-25(17-28)19-39/h4-18,23,33H,20-22H2,1-3H3. The topological polar surface area (TPSA) is 141 Å². The van der Waals surface area contributed by atoms with Crippen molar-refractivity contribution < 1.29 is 49.8 Å². The van der Waals surface area contributed by atoms with Gasteiger partial charge in [0, 0.05) is 13.1 Å². The molecule has 0 saturated carbocycles. The molecule has 0 amide bonds. The van der Waals surface area contributed by atoms with Crippen molar-refractivity contribution in [3.8, 4) is 22.9 Å². The highest BCUT2D eigenvalue weighted by Gasteiger charge is 2.53. The van der Waals surface area contributed by atoms with Gasteiger partial charge >= 0.3 is 19.9 Å². The smallest absolute Gasteiger partial charge is 0.495 e. The molecule has 11 nitrogen and oxygen atoms in total. The highest BCUT2D eigenvalue weighted by Crippen LogP contribution is 2.63. The number of nitrogens with zero attached hydrogens (tertiary/aromatic N) is 2. The third-order valence-electron chi connectivity index (χ3n) is 7.49. The van der Waals surface area contributed by atoms with Gasteiger partial charge in [-0.3, -0.25) is 9.09 Å². The van der Waals surface area contributed by atoms with Crippen molar-refractivity contribution >= 4 is 35.4 Å². The molecule has 0 radical (unpaired) electrons. The van der Waals surface area contributed by atoms with Gasteiger partial charge in [0.2, 0.25) is 16.3 Å². The first-order chi connectivity index (χ1) is 24.1. The third-order valence-corrected chi connectivity index (χ3v) is 11.4. The average molecular weight is 761 g/mol. The summed E-state index contributed by atoms with van der Waals surface area (Å²) in [6, 6.07) is 25.7. The van der Waals surface area contributed by atoms with Gasteiger partial charge in [0.15, 0.2) is 0 Å². The summed E-state index contributed by atoms with van der Waals surface area (Å²) in [6.45, 7) is 2.74. The highest BCUT2D eigenvalue weighted by molar-refractivity contribution is 7.89. The fourth-order valence-corrected chi connectivity index (χ4v) is 8.36. The van der Waals surface area contributed by atoms with Crippen LogP contribution in [0.25, 0.3) is 11.1 Å². The van der Waals surface area contributed by atoms with Crippen LogP contribution < -0.4 is 4.74 Å². The van der Waals surface area contributed by atoms with Crippen LogP contribution >= 0.6 is 19.2 Å². The Morgan fingerprint density at radius 2 is 1.69 bits per heavy atom. The first kappa shape index (κ1) is 37.9. The molecule has 0 bridgehead atoms. The van der Waals surface area contributed by atoms with Gasteiger partial charge in [0.25, 0.3) is 0 Å². The van der Waals surface area contributed by atoms with E-state index < -0.39 is 59.0 Å². The zero-order chi connectivity index (χ0) is 37.0. The van der Waals surface area contributed by atoms with Crippen molar-refractivity contribution in [1.82, 2.24) is 4.31 Å². The summed E-state index contributed by atoms with van der Waals surface area (Å²) < 4.78 is 96.8. The van der Waals surface area contributed by atoms with E-state index in [4.69, 9.17) is 30.3 Å². The van der Waals surface area contributed by atoms with Crippen molar-refractivity contribution in [2.24, 2.45) is 0 Å². The second-order valence-electron chi connectivity index (χ2n) is 11.6. The van der Waals surface area contributed by atoms with E-state index in [9.17, 15) is 23.0 Å². The molecule has 1 aliphatic rings. The largest absolute Gasteiger partial charge is 0.510 e. The fraction of sp³-hybridized carbons (Fsp3) is 0.257. The van der Waals surface area contributed by atoms with Crippen LogP contribution in [0.4, 0.5) is 13.6 Å². The molecule has 16 heteroatoms. The number of methoxy groups -OCH3 is 1. The normalized spacial score (nSPS) is 17.4. The van der Waals surface area contributed by atoms with Gasteiger partial charge in [-0.05, 0) is 72.5 Å². The van der Waals surface area contributed by atoms with Gasteiger partial charge < -0.3 is 14.2 Å². The Balaban J connectivity index is 1.37. The number of ether oxygens (including phenoxy) is 3. The van der Waals surface area contributed by atoms with Gasteiger partial charge in [0.1, 0.15) is 16.8 Å². The summed E-state index contributed by atoms with van der Waals surface area (Å²) in [5.41, 5.74) is 2.14. The molecule has 51 heavy (non-hydrogen) atoms. The van der Waals surface area contributed by atoms with E-state index >= 15 is 8.78 Å². The minimum Gasteiger partial charge on any atom is -0.495 e. The van der Waals surface area contributed by atoms with Crippen LogP contribution in [0.1, 0.15) is 36.1 Å². The number of alkyl halides is 2. The SMILES string of the molecule is COc1ccccc1S(=O)(=O)N(Cc1ccc(-c2cccc(C#N)c2)cc1)Cc1ccc(C(F)(F)OP2(=O)CC(OC(=O)OC(C)C)O2)c(Cl)c1. The Kier molecular flexibility index (Phi) is 11.5. The van der Waals surface area contributed by atoms with E-state index in [-0.39, 0.29) is 29.3 Å². The van der Waals surface area contributed by atoms with Crippen molar-refractivity contribution in [2.75, 3.05) is 13.3 Å². The quantitative estimate of drug-likeness (QED) is 0.0963. The summed E-state index contributed by atoms with van der Waals surface area (Å²) in [7, 11) is -7.27. The van der Waals surface area contributed by atoms with Gasteiger partial charge in [-0.1, -0.05) is 66.2 Å².